The molecule has 0 saturated carbocycles. The molecule has 0 spiro atoms. The summed E-state index contributed by atoms with van der Waals surface area (Å²) in [6.07, 6.45) is 14.1. The van der Waals surface area contributed by atoms with E-state index < -0.39 is 5.97 Å². The third-order valence-electron chi connectivity index (χ3n) is 4.59. The number of benzene rings is 1. The van der Waals surface area contributed by atoms with Crippen molar-refractivity contribution in [2.24, 2.45) is 0 Å². The van der Waals surface area contributed by atoms with E-state index in [1.54, 1.807) is 6.08 Å². The number of unbranched alkanes of at least 4 members (excludes halogenated alkanes) is 8. The van der Waals surface area contributed by atoms with E-state index in [1.165, 1.54) is 51.7 Å². The smallest absolute Gasteiger partial charge is 0.330 e. The van der Waals surface area contributed by atoms with Crippen molar-refractivity contribution in [2.75, 3.05) is 20.3 Å². The zero-order chi connectivity index (χ0) is 21.2. The average Bonchev–Trinajstić information content (AvgIpc) is 2.74. The Balaban J connectivity index is 2.72. The molecule has 0 bridgehead atoms. The summed E-state index contributed by atoms with van der Waals surface area (Å²) in [5, 5.41) is 8.87. The second-order valence-electron chi connectivity index (χ2n) is 7.03. The first-order valence-electron chi connectivity index (χ1n) is 10.8. The van der Waals surface area contributed by atoms with Gasteiger partial charge in [-0.3, -0.25) is 0 Å². The first kappa shape index (κ1) is 24.8. The molecule has 0 unspecified atom stereocenters. The van der Waals surface area contributed by atoms with Crippen LogP contribution in [0.15, 0.2) is 24.3 Å². The molecule has 0 atom stereocenters. The number of hydrogen-bond donors (Lipinski definition) is 1. The highest BCUT2D eigenvalue weighted by Crippen LogP contribution is 2.24. The van der Waals surface area contributed by atoms with Crippen molar-refractivity contribution in [1.29, 1.82) is 0 Å². The molecule has 29 heavy (non-hydrogen) atoms. The van der Waals surface area contributed by atoms with E-state index in [-0.39, 0.29) is 6.61 Å². The molecule has 0 aliphatic heterocycles. The summed E-state index contributed by atoms with van der Waals surface area (Å²) in [6, 6.07) is 5.76. The molecule has 0 aromatic heterocycles. The van der Waals surface area contributed by atoms with Crippen LogP contribution in [0.25, 0.3) is 6.08 Å². The number of ether oxygens (including phenoxy) is 2. The summed E-state index contributed by atoms with van der Waals surface area (Å²) in [5.74, 6) is 6.64. The average molecular weight is 401 g/mol. The fourth-order valence-corrected chi connectivity index (χ4v) is 2.89. The van der Waals surface area contributed by atoms with Crippen molar-refractivity contribution in [1.82, 2.24) is 0 Å². The summed E-state index contributed by atoms with van der Waals surface area (Å²) in [4.78, 5) is 11.5. The van der Waals surface area contributed by atoms with E-state index in [4.69, 9.17) is 14.6 Å². The lowest BCUT2D eigenvalue weighted by atomic mass is 10.1. The van der Waals surface area contributed by atoms with Crippen molar-refractivity contribution in [3.8, 4) is 17.6 Å². The van der Waals surface area contributed by atoms with Crippen molar-refractivity contribution in [2.45, 2.75) is 71.1 Å². The van der Waals surface area contributed by atoms with Gasteiger partial charge in [-0.15, -0.1) is 0 Å². The van der Waals surface area contributed by atoms with E-state index in [9.17, 15) is 4.79 Å². The van der Waals surface area contributed by atoms with Gasteiger partial charge in [-0.25, -0.2) is 4.79 Å². The third-order valence-corrected chi connectivity index (χ3v) is 4.59. The van der Waals surface area contributed by atoms with Crippen LogP contribution in [-0.4, -0.2) is 31.4 Å². The highest BCUT2D eigenvalue weighted by atomic mass is 16.5. The van der Waals surface area contributed by atoms with Gasteiger partial charge in [-0.2, -0.15) is 0 Å². The molecule has 0 radical (unpaired) electrons. The van der Waals surface area contributed by atoms with Gasteiger partial charge in [0.15, 0.2) is 0 Å². The van der Waals surface area contributed by atoms with Crippen molar-refractivity contribution >= 4 is 12.0 Å². The summed E-state index contributed by atoms with van der Waals surface area (Å²) in [5.41, 5.74) is 1.63. The Morgan fingerprint density at radius 3 is 2.55 bits per heavy atom. The van der Waals surface area contributed by atoms with Gasteiger partial charge >= 0.3 is 5.97 Å². The number of carbonyl (C=O) groups excluding carboxylic acids is 1. The summed E-state index contributed by atoms with van der Waals surface area (Å²) < 4.78 is 10.7. The maximum atomic E-state index is 11.5. The number of carbonyl (C=O) groups is 1. The van der Waals surface area contributed by atoms with Gasteiger partial charge in [-0.05, 0) is 37.5 Å². The standard InChI is InChI=1S/C25H36O4/c1-3-4-5-6-7-10-13-21-29-24-17-14-16-22(15-11-8-9-12-20-26)23(24)18-19-25(27)28-2/h14,16-19,26H,3-10,12-13,20-21H2,1-2H3/b19-18+. The molecule has 0 aliphatic rings. The maximum Gasteiger partial charge on any atom is 0.330 e. The molecule has 4 heteroatoms. The molecule has 0 saturated heterocycles. The Morgan fingerprint density at radius 2 is 1.83 bits per heavy atom. The minimum Gasteiger partial charge on any atom is -0.493 e. The van der Waals surface area contributed by atoms with Gasteiger partial charge in [-0.1, -0.05) is 63.4 Å². The van der Waals surface area contributed by atoms with Crippen LogP contribution in [0.5, 0.6) is 5.75 Å². The fraction of sp³-hybridized carbons (Fsp3) is 0.560. The van der Waals surface area contributed by atoms with Crippen molar-refractivity contribution in [3.63, 3.8) is 0 Å². The second-order valence-corrected chi connectivity index (χ2v) is 7.03. The first-order valence-corrected chi connectivity index (χ1v) is 10.8. The Kier molecular flexibility index (Phi) is 14.3. The topological polar surface area (TPSA) is 55.8 Å². The van der Waals surface area contributed by atoms with Crippen LogP contribution in [0, 0.1) is 11.8 Å². The largest absolute Gasteiger partial charge is 0.493 e. The van der Waals surface area contributed by atoms with Crippen LogP contribution in [0.4, 0.5) is 0 Å². The molecule has 1 N–H and O–H groups in total. The molecule has 0 aliphatic carbocycles. The predicted octanol–water partition coefficient (Wildman–Crippen LogP) is 5.52. The van der Waals surface area contributed by atoms with E-state index in [1.807, 2.05) is 18.2 Å². The summed E-state index contributed by atoms with van der Waals surface area (Å²) in [7, 11) is 1.36. The van der Waals surface area contributed by atoms with Crippen molar-refractivity contribution < 1.29 is 19.4 Å². The lowest BCUT2D eigenvalue weighted by Gasteiger charge is -2.11. The van der Waals surface area contributed by atoms with Gasteiger partial charge in [0.1, 0.15) is 5.75 Å². The molecule has 160 valence electrons. The maximum absolute atomic E-state index is 11.5. The zero-order valence-electron chi connectivity index (χ0n) is 18.0. The number of rotatable bonds is 14. The van der Waals surface area contributed by atoms with Crippen LogP contribution in [-0.2, 0) is 9.53 Å². The van der Waals surface area contributed by atoms with Crippen molar-refractivity contribution in [3.05, 3.63) is 35.4 Å². The van der Waals surface area contributed by atoms with Crippen LogP contribution < -0.4 is 4.74 Å². The first-order chi connectivity index (χ1) is 14.2. The van der Waals surface area contributed by atoms with Gasteiger partial charge < -0.3 is 14.6 Å². The number of aliphatic hydroxyl groups excluding tert-OH is 1. The van der Waals surface area contributed by atoms with E-state index >= 15 is 0 Å². The quantitative estimate of drug-likeness (QED) is 0.193. The lowest BCUT2D eigenvalue weighted by Crippen LogP contribution is -2.01. The van der Waals surface area contributed by atoms with Gasteiger partial charge in [0.2, 0.25) is 0 Å². The number of esters is 1. The number of hydrogen-bond acceptors (Lipinski definition) is 4. The lowest BCUT2D eigenvalue weighted by molar-refractivity contribution is -0.134. The van der Waals surface area contributed by atoms with E-state index in [2.05, 4.69) is 18.8 Å². The molecule has 1 aromatic carbocycles. The van der Waals surface area contributed by atoms with E-state index in [0.29, 0.717) is 6.61 Å². The third kappa shape index (κ3) is 11.4. The second kappa shape index (κ2) is 16.7. The molecule has 4 nitrogen and oxygen atoms in total. The SMILES string of the molecule is CCCCCCCCCOc1cccc(C#CCCCCO)c1/C=C/C(=O)OC. The Labute approximate surface area is 176 Å². The van der Waals surface area contributed by atoms with Gasteiger partial charge in [0.25, 0.3) is 0 Å². The highest BCUT2D eigenvalue weighted by Gasteiger charge is 2.07. The molecule has 0 fully saturated rings. The van der Waals surface area contributed by atoms with Crippen LogP contribution in [0.2, 0.25) is 0 Å². The summed E-state index contributed by atoms with van der Waals surface area (Å²) >= 11 is 0. The van der Waals surface area contributed by atoms with Crippen LogP contribution in [0.1, 0.15) is 82.3 Å². The number of aliphatic hydroxyl groups is 1. The Bertz CT molecular complexity index is 667. The predicted molar refractivity (Wildman–Crippen MR) is 119 cm³/mol. The van der Waals surface area contributed by atoms with Gasteiger partial charge in [0, 0.05) is 30.2 Å². The zero-order valence-corrected chi connectivity index (χ0v) is 18.0. The van der Waals surface area contributed by atoms with Crippen LogP contribution in [0.3, 0.4) is 0 Å². The summed E-state index contributed by atoms with van der Waals surface area (Å²) in [6.45, 7) is 3.07. The minimum atomic E-state index is -0.409. The molecular weight excluding hydrogens is 364 g/mol. The fourth-order valence-electron chi connectivity index (χ4n) is 2.89. The van der Waals surface area contributed by atoms with Gasteiger partial charge in [0.05, 0.1) is 13.7 Å². The molecule has 0 heterocycles. The van der Waals surface area contributed by atoms with E-state index in [0.717, 1.165) is 42.6 Å². The molecule has 0 amide bonds. The Hall–Kier alpha value is -2.25. The molecular formula is C25H36O4. The normalized spacial score (nSPS) is 10.6. The molecule has 1 rings (SSSR count). The number of methoxy groups -OCH3 is 1. The Morgan fingerprint density at radius 1 is 1.07 bits per heavy atom. The van der Waals surface area contributed by atoms with Crippen LogP contribution >= 0.6 is 0 Å². The monoisotopic (exact) mass is 400 g/mol. The highest BCUT2D eigenvalue weighted by molar-refractivity contribution is 5.88. The minimum absolute atomic E-state index is 0.191. The molecule has 1 aromatic rings.